The number of hydrogen-bond donors (Lipinski definition) is 2. The molecule has 1 heterocycles. The van der Waals surface area contributed by atoms with E-state index in [2.05, 4.69) is 5.16 Å². The Labute approximate surface area is 108 Å². The van der Waals surface area contributed by atoms with Crippen molar-refractivity contribution in [1.82, 2.24) is 10.6 Å². The van der Waals surface area contributed by atoms with Gasteiger partial charge < -0.3 is 4.52 Å². The highest BCUT2D eigenvalue weighted by Crippen LogP contribution is 2.23. The molecule has 94 valence electrons. The molecule has 0 saturated heterocycles. The lowest BCUT2D eigenvalue weighted by Crippen LogP contribution is -2.18. The summed E-state index contributed by atoms with van der Waals surface area (Å²) in [6.07, 6.45) is 0. The second-order valence-corrected chi connectivity index (χ2v) is 4.77. The minimum absolute atomic E-state index is 0.0667. The fraction of sp³-hybridized carbons (Fsp3) is 0.167. The smallest absolute Gasteiger partial charge is 0.296 e. The molecule has 0 aliphatic rings. The van der Waals surface area contributed by atoms with Crippen molar-refractivity contribution in [2.75, 3.05) is 0 Å². The Kier molecular flexibility index (Phi) is 4.01. The molecule has 0 saturated carbocycles. The summed E-state index contributed by atoms with van der Waals surface area (Å²) in [5.41, 5.74) is 2.78. The van der Waals surface area contributed by atoms with Crippen LogP contribution in [0, 0.1) is 6.92 Å². The highest BCUT2D eigenvalue weighted by molar-refractivity contribution is 7.98. The van der Waals surface area contributed by atoms with Crippen LogP contribution in [0.3, 0.4) is 0 Å². The molecule has 1 aromatic carbocycles. The van der Waals surface area contributed by atoms with Gasteiger partial charge in [-0.3, -0.25) is 10.0 Å². The lowest BCUT2D eigenvalue weighted by atomic mass is 10.2. The van der Waals surface area contributed by atoms with Crippen molar-refractivity contribution in [1.29, 1.82) is 0 Å². The monoisotopic (exact) mass is 264 g/mol. The number of carbonyl (C=O) groups is 1. The average molecular weight is 264 g/mol. The van der Waals surface area contributed by atoms with Gasteiger partial charge in [0, 0.05) is 11.0 Å². The first kappa shape index (κ1) is 12.7. The molecule has 0 spiro atoms. The van der Waals surface area contributed by atoms with E-state index in [0.29, 0.717) is 11.5 Å². The van der Waals surface area contributed by atoms with Crippen LogP contribution in [-0.2, 0) is 5.75 Å². The van der Waals surface area contributed by atoms with Crippen LogP contribution in [-0.4, -0.2) is 16.3 Å². The maximum absolute atomic E-state index is 11.0. The van der Waals surface area contributed by atoms with E-state index in [-0.39, 0.29) is 5.69 Å². The normalized spacial score (nSPS) is 10.3. The van der Waals surface area contributed by atoms with Gasteiger partial charge in [0.15, 0.2) is 5.69 Å². The molecule has 2 rings (SSSR count). The number of rotatable bonds is 4. The van der Waals surface area contributed by atoms with E-state index in [0.717, 1.165) is 4.90 Å². The molecule has 0 radical (unpaired) electrons. The number of thioether (sulfide) groups is 1. The molecule has 1 aromatic heterocycles. The van der Waals surface area contributed by atoms with Gasteiger partial charge in [0.1, 0.15) is 5.76 Å². The SMILES string of the molecule is Cc1ccc(SCc2cc(C(=O)NO)no2)cc1. The summed E-state index contributed by atoms with van der Waals surface area (Å²) in [7, 11) is 0. The van der Waals surface area contributed by atoms with Gasteiger partial charge in [0.05, 0.1) is 5.75 Å². The molecule has 2 N–H and O–H groups in total. The van der Waals surface area contributed by atoms with Crippen molar-refractivity contribution in [3.63, 3.8) is 0 Å². The van der Waals surface area contributed by atoms with E-state index in [1.54, 1.807) is 11.8 Å². The number of hydrogen-bond acceptors (Lipinski definition) is 5. The van der Waals surface area contributed by atoms with Gasteiger partial charge in [-0.2, -0.15) is 0 Å². The quantitative estimate of drug-likeness (QED) is 0.504. The van der Waals surface area contributed by atoms with E-state index in [9.17, 15) is 4.79 Å². The fourth-order valence-corrected chi connectivity index (χ4v) is 2.11. The number of amides is 1. The number of nitrogens with zero attached hydrogens (tertiary/aromatic N) is 1. The zero-order chi connectivity index (χ0) is 13.0. The Balaban J connectivity index is 1.96. The predicted molar refractivity (Wildman–Crippen MR) is 66.5 cm³/mol. The Hall–Kier alpha value is -1.79. The summed E-state index contributed by atoms with van der Waals surface area (Å²) in [5.74, 6) is 0.485. The molecule has 6 heteroatoms. The van der Waals surface area contributed by atoms with Crippen LogP contribution in [0.25, 0.3) is 0 Å². The predicted octanol–water partition coefficient (Wildman–Crippen LogP) is 2.39. The second-order valence-electron chi connectivity index (χ2n) is 3.72. The molecule has 0 aliphatic heterocycles. The highest BCUT2D eigenvalue weighted by Gasteiger charge is 2.11. The van der Waals surface area contributed by atoms with E-state index in [1.165, 1.54) is 17.1 Å². The van der Waals surface area contributed by atoms with Crippen LogP contribution >= 0.6 is 11.8 Å². The summed E-state index contributed by atoms with van der Waals surface area (Å²) in [4.78, 5) is 12.2. The van der Waals surface area contributed by atoms with Crippen molar-refractivity contribution in [3.8, 4) is 0 Å². The molecule has 2 aromatic rings. The van der Waals surface area contributed by atoms with E-state index < -0.39 is 5.91 Å². The first-order valence-electron chi connectivity index (χ1n) is 5.28. The summed E-state index contributed by atoms with van der Waals surface area (Å²) in [6.45, 7) is 2.03. The first-order valence-corrected chi connectivity index (χ1v) is 6.27. The van der Waals surface area contributed by atoms with Gasteiger partial charge in [-0.1, -0.05) is 22.9 Å². The number of benzene rings is 1. The van der Waals surface area contributed by atoms with Crippen LogP contribution in [0.2, 0.25) is 0 Å². The number of hydroxylamine groups is 1. The largest absolute Gasteiger partial charge is 0.360 e. The molecule has 5 nitrogen and oxygen atoms in total. The topological polar surface area (TPSA) is 75.4 Å². The molecule has 0 aliphatic carbocycles. The molecule has 18 heavy (non-hydrogen) atoms. The average Bonchev–Trinajstić information content (AvgIpc) is 2.86. The van der Waals surface area contributed by atoms with Crippen LogP contribution in [0.5, 0.6) is 0 Å². The van der Waals surface area contributed by atoms with E-state index >= 15 is 0 Å². The van der Waals surface area contributed by atoms with Crippen LogP contribution in [0.15, 0.2) is 39.8 Å². The minimum atomic E-state index is -0.676. The zero-order valence-corrected chi connectivity index (χ0v) is 10.5. The Morgan fingerprint density at radius 1 is 1.44 bits per heavy atom. The maximum atomic E-state index is 11.0. The number of aromatic nitrogens is 1. The summed E-state index contributed by atoms with van der Waals surface area (Å²) in [6, 6.07) is 9.63. The van der Waals surface area contributed by atoms with Gasteiger partial charge in [-0.25, -0.2) is 5.48 Å². The third-order valence-electron chi connectivity index (χ3n) is 2.30. The van der Waals surface area contributed by atoms with Crippen molar-refractivity contribution >= 4 is 17.7 Å². The van der Waals surface area contributed by atoms with Crippen LogP contribution in [0.1, 0.15) is 21.8 Å². The maximum Gasteiger partial charge on any atom is 0.296 e. The molecule has 0 unspecified atom stereocenters. The van der Waals surface area contributed by atoms with E-state index in [1.807, 2.05) is 31.2 Å². The van der Waals surface area contributed by atoms with Gasteiger partial charge in [-0.15, -0.1) is 11.8 Å². The third-order valence-corrected chi connectivity index (χ3v) is 3.33. The molecule has 0 atom stereocenters. The lowest BCUT2D eigenvalue weighted by Gasteiger charge is -1.98. The molecular formula is C12H12N2O3S. The van der Waals surface area contributed by atoms with Crippen molar-refractivity contribution in [3.05, 3.63) is 47.3 Å². The lowest BCUT2D eigenvalue weighted by molar-refractivity contribution is 0.0696. The first-order chi connectivity index (χ1) is 8.69. The Bertz CT molecular complexity index is 537. The van der Waals surface area contributed by atoms with Crippen LogP contribution < -0.4 is 5.48 Å². The molecule has 1 amide bonds. The number of aryl methyl sites for hydroxylation is 1. The van der Waals surface area contributed by atoms with E-state index in [4.69, 9.17) is 9.73 Å². The zero-order valence-electron chi connectivity index (χ0n) is 9.71. The molecular weight excluding hydrogens is 252 g/mol. The second kappa shape index (κ2) is 5.70. The fourth-order valence-electron chi connectivity index (χ4n) is 1.33. The summed E-state index contributed by atoms with van der Waals surface area (Å²) >= 11 is 1.59. The number of carbonyl (C=O) groups excluding carboxylic acids is 1. The third kappa shape index (κ3) is 3.12. The van der Waals surface area contributed by atoms with Gasteiger partial charge in [0.25, 0.3) is 5.91 Å². The van der Waals surface area contributed by atoms with Crippen LogP contribution in [0.4, 0.5) is 0 Å². The van der Waals surface area contributed by atoms with Crippen molar-refractivity contribution in [2.24, 2.45) is 0 Å². The number of nitrogens with one attached hydrogen (secondary N) is 1. The Morgan fingerprint density at radius 2 is 2.17 bits per heavy atom. The standard InChI is InChI=1S/C12H12N2O3S/c1-8-2-4-10(5-3-8)18-7-9-6-11(14-17-9)12(15)13-16/h2-6,16H,7H2,1H3,(H,13,15). The summed E-state index contributed by atoms with van der Waals surface area (Å²) in [5, 5.41) is 12.0. The van der Waals surface area contributed by atoms with Crippen molar-refractivity contribution in [2.45, 2.75) is 17.6 Å². The van der Waals surface area contributed by atoms with Crippen molar-refractivity contribution < 1.29 is 14.5 Å². The molecule has 0 fully saturated rings. The van der Waals surface area contributed by atoms with Gasteiger partial charge in [-0.05, 0) is 19.1 Å². The Morgan fingerprint density at radius 3 is 2.83 bits per heavy atom. The minimum Gasteiger partial charge on any atom is -0.360 e. The highest BCUT2D eigenvalue weighted by atomic mass is 32.2. The van der Waals surface area contributed by atoms with Gasteiger partial charge in [0.2, 0.25) is 0 Å². The molecule has 0 bridgehead atoms. The summed E-state index contributed by atoms with van der Waals surface area (Å²) < 4.78 is 4.99. The van der Waals surface area contributed by atoms with Gasteiger partial charge >= 0.3 is 0 Å².